The topological polar surface area (TPSA) is 64.5 Å². The molecular formula is C23H21F2N3O3. The van der Waals surface area contributed by atoms with Gasteiger partial charge < -0.3 is 14.4 Å². The summed E-state index contributed by atoms with van der Waals surface area (Å²) in [6.07, 6.45) is 9.42. The number of ether oxygens (including phenoxy) is 2. The third-order valence-electron chi connectivity index (χ3n) is 4.37. The van der Waals surface area contributed by atoms with Gasteiger partial charge in [0, 0.05) is 49.5 Å². The predicted molar refractivity (Wildman–Crippen MR) is 111 cm³/mol. The first-order chi connectivity index (χ1) is 15.1. The van der Waals surface area contributed by atoms with Crippen LogP contribution in [0.5, 0.6) is 11.5 Å². The lowest BCUT2D eigenvalue weighted by Crippen LogP contribution is -2.28. The number of alkyl halides is 2. The van der Waals surface area contributed by atoms with Gasteiger partial charge >= 0.3 is 6.61 Å². The van der Waals surface area contributed by atoms with Gasteiger partial charge in [-0.2, -0.15) is 8.78 Å². The normalized spacial score (nSPS) is 11.0. The van der Waals surface area contributed by atoms with Crippen LogP contribution in [0.1, 0.15) is 16.7 Å². The lowest BCUT2D eigenvalue weighted by Gasteiger charge is -2.21. The molecule has 6 nitrogen and oxygen atoms in total. The molecule has 0 N–H and O–H groups in total. The fourth-order valence-electron chi connectivity index (χ4n) is 2.94. The van der Waals surface area contributed by atoms with Crippen molar-refractivity contribution in [1.29, 1.82) is 0 Å². The summed E-state index contributed by atoms with van der Waals surface area (Å²) in [6, 6.07) is 12.0. The van der Waals surface area contributed by atoms with Crippen LogP contribution in [-0.2, 0) is 17.9 Å². The molecule has 0 radical (unpaired) electrons. The molecule has 0 aliphatic carbocycles. The maximum absolute atomic E-state index is 13.0. The van der Waals surface area contributed by atoms with Gasteiger partial charge in [-0.25, -0.2) is 0 Å². The minimum atomic E-state index is -3.02. The molecule has 0 atom stereocenters. The van der Waals surface area contributed by atoms with Gasteiger partial charge in [-0.05, 0) is 41.5 Å². The van der Waals surface area contributed by atoms with Gasteiger partial charge in [-0.1, -0.05) is 18.2 Å². The number of carbonyl (C=O) groups excluding carboxylic acids is 1. The van der Waals surface area contributed by atoms with Crippen LogP contribution in [0.4, 0.5) is 8.78 Å². The van der Waals surface area contributed by atoms with Crippen molar-refractivity contribution in [2.75, 3.05) is 7.11 Å². The van der Waals surface area contributed by atoms with Crippen molar-refractivity contribution in [3.8, 4) is 11.5 Å². The molecule has 1 amide bonds. The second kappa shape index (κ2) is 10.8. The quantitative estimate of drug-likeness (QED) is 0.478. The zero-order chi connectivity index (χ0) is 22.1. The molecule has 31 heavy (non-hydrogen) atoms. The molecule has 3 rings (SSSR count). The highest BCUT2D eigenvalue weighted by Crippen LogP contribution is 2.33. The highest BCUT2D eigenvalue weighted by Gasteiger charge is 2.16. The van der Waals surface area contributed by atoms with E-state index in [-0.39, 0.29) is 17.4 Å². The van der Waals surface area contributed by atoms with E-state index in [0.717, 1.165) is 11.1 Å². The Morgan fingerprint density at radius 1 is 1.03 bits per heavy atom. The summed E-state index contributed by atoms with van der Waals surface area (Å²) in [6.45, 7) is -2.34. The van der Waals surface area contributed by atoms with Gasteiger partial charge in [-0.15, -0.1) is 0 Å². The van der Waals surface area contributed by atoms with Crippen molar-refractivity contribution in [1.82, 2.24) is 14.9 Å². The third-order valence-corrected chi connectivity index (χ3v) is 4.37. The van der Waals surface area contributed by atoms with Crippen molar-refractivity contribution in [2.45, 2.75) is 19.7 Å². The number of methoxy groups -OCH3 is 1. The molecule has 0 aliphatic rings. The van der Waals surface area contributed by atoms with E-state index in [1.54, 1.807) is 47.9 Å². The highest BCUT2D eigenvalue weighted by molar-refractivity contribution is 5.92. The summed E-state index contributed by atoms with van der Waals surface area (Å²) in [5, 5.41) is 0. The van der Waals surface area contributed by atoms with E-state index in [4.69, 9.17) is 4.74 Å². The van der Waals surface area contributed by atoms with Crippen LogP contribution in [0, 0.1) is 0 Å². The molecule has 1 aromatic carbocycles. The lowest BCUT2D eigenvalue weighted by molar-refractivity contribution is -0.127. The van der Waals surface area contributed by atoms with Crippen LogP contribution < -0.4 is 9.47 Å². The average molecular weight is 425 g/mol. The number of amides is 1. The fraction of sp³-hybridized carbons (Fsp3) is 0.174. The monoisotopic (exact) mass is 425 g/mol. The minimum Gasteiger partial charge on any atom is -0.493 e. The number of nitrogens with zero attached hydrogens (tertiary/aromatic N) is 3. The molecule has 0 fully saturated rings. The number of hydrogen-bond donors (Lipinski definition) is 0. The van der Waals surface area contributed by atoms with E-state index < -0.39 is 6.61 Å². The lowest BCUT2D eigenvalue weighted by atomic mass is 10.1. The molecule has 0 spiro atoms. The summed E-state index contributed by atoms with van der Waals surface area (Å²) in [4.78, 5) is 22.7. The zero-order valence-electron chi connectivity index (χ0n) is 16.8. The first-order valence-electron chi connectivity index (χ1n) is 9.43. The Morgan fingerprint density at radius 3 is 2.48 bits per heavy atom. The van der Waals surface area contributed by atoms with Crippen molar-refractivity contribution < 1.29 is 23.0 Å². The van der Waals surface area contributed by atoms with Gasteiger partial charge in [0.2, 0.25) is 5.91 Å². The van der Waals surface area contributed by atoms with Crippen molar-refractivity contribution >= 4 is 12.0 Å². The SMILES string of the molecule is COc1cccc(/C=C/C(=O)N(Cc2ccncc2)Cc2cccnc2)c1OC(F)F. The standard InChI is InChI=1S/C23H21F2N3O3/c1-30-20-6-2-5-19(22(20)31-23(24)25)7-8-21(29)28(15-17-9-12-26-13-10-17)16-18-4-3-11-27-14-18/h2-14,23H,15-16H2,1H3/b8-7+. The maximum atomic E-state index is 13.0. The molecule has 2 heterocycles. The molecule has 8 heteroatoms. The van der Waals surface area contributed by atoms with Gasteiger partial charge in [0.1, 0.15) is 0 Å². The van der Waals surface area contributed by atoms with Crippen LogP contribution in [0.3, 0.4) is 0 Å². The average Bonchev–Trinajstić information content (AvgIpc) is 2.78. The van der Waals surface area contributed by atoms with E-state index in [1.807, 2.05) is 18.2 Å². The first kappa shape index (κ1) is 21.9. The number of carbonyl (C=O) groups is 1. The Kier molecular flexibility index (Phi) is 7.64. The fourth-order valence-corrected chi connectivity index (χ4v) is 2.94. The van der Waals surface area contributed by atoms with E-state index in [0.29, 0.717) is 18.7 Å². The van der Waals surface area contributed by atoms with Crippen LogP contribution >= 0.6 is 0 Å². The number of pyridine rings is 2. The molecule has 3 aromatic rings. The first-order valence-corrected chi connectivity index (χ1v) is 9.43. The molecule has 0 unspecified atom stereocenters. The zero-order valence-corrected chi connectivity index (χ0v) is 16.8. The number of halogens is 2. The van der Waals surface area contributed by atoms with Crippen LogP contribution in [0.2, 0.25) is 0 Å². The van der Waals surface area contributed by atoms with Crippen molar-refractivity contribution in [3.63, 3.8) is 0 Å². The number of rotatable bonds is 9. The Labute approximate surface area is 178 Å². The predicted octanol–water partition coefficient (Wildman–Crippen LogP) is 4.33. The highest BCUT2D eigenvalue weighted by atomic mass is 19.3. The number of para-hydroxylation sites is 1. The van der Waals surface area contributed by atoms with E-state index in [1.165, 1.54) is 25.3 Å². The molecule has 160 valence electrons. The summed E-state index contributed by atoms with van der Waals surface area (Å²) < 4.78 is 35.4. The number of aromatic nitrogens is 2. The Hall–Kier alpha value is -3.81. The van der Waals surface area contributed by atoms with Crippen LogP contribution in [-0.4, -0.2) is 34.5 Å². The summed E-state index contributed by atoms with van der Waals surface area (Å²) in [5.74, 6) is -0.276. The van der Waals surface area contributed by atoms with Gasteiger partial charge in [-0.3, -0.25) is 14.8 Å². The van der Waals surface area contributed by atoms with Crippen LogP contribution in [0.15, 0.2) is 73.3 Å². The maximum Gasteiger partial charge on any atom is 0.387 e. The Bertz CT molecular complexity index is 974. The Balaban J connectivity index is 1.85. The third kappa shape index (κ3) is 6.33. The molecular weight excluding hydrogens is 404 g/mol. The molecule has 0 saturated carbocycles. The van der Waals surface area contributed by atoms with Crippen molar-refractivity contribution in [3.05, 3.63) is 90.0 Å². The van der Waals surface area contributed by atoms with Crippen molar-refractivity contribution in [2.24, 2.45) is 0 Å². The molecule has 0 saturated heterocycles. The molecule has 2 aromatic heterocycles. The summed E-state index contributed by atoms with van der Waals surface area (Å²) in [5.41, 5.74) is 2.07. The minimum absolute atomic E-state index is 0.128. The second-order valence-corrected chi connectivity index (χ2v) is 6.50. The molecule has 0 aliphatic heterocycles. The smallest absolute Gasteiger partial charge is 0.387 e. The van der Waals surface area contributed by atoms with E-state index >= 15 is 0 Å². The summed E-state index contributed by atoms with van der Waals surface area (Å²) in [7, 11) is 1.36. The van der Waals surface area contributed by atoms with Gasteiger partial charge in [0.25, 0.3) is 0 Å². The largest absolute Gasteiger partial charge is 0.493 e. The van der Waals surface area contributed by atoms with Gasteiger partial charge in [0.05, 0.1) is 7.11 Å². The van der Waals surface area contributed by atoms with E-state index in [2.05, 4.69) is 14.7 Å². The number of benzene rings is 1. The van der Waals surface area contributed by atoms with Gasteiger partial charge in [0.15, 0.2) is 11.5 Å². The van der Waals surface area contributed by atoms with Crippen LogP contribution in [0.25, 0.3) is 6.08 Å². The Morgan fingerprint density at radius 2 is 1.81 bits per heavy atom. The molecule has 0 bridgehead atoms. The van der Waals surface area contributed by atoms with E-state index in [9.17, 15) is 13.6 Å². The number of hydrogen-bond acceptors (Lipinski definition) is 5. The summed E-state index contributed by atoms with van der Waals surface area (Å²) >= 11 is 0. The second-order valence-electron chi connectivity index (χ2n) is 6.50.